The molecule has 0 bridgehead atoms. The smallest absolute Gasteiger partial charge is 0.238 e. The van der Waals surface area contributed by atoms with E-state index in [1.165, 1.54) is 0 Å². The van der Waals surface area contributed by atoms with Crippen molar-refractivity contribution in [2.24, 2.45) is 5.92 Å². The van der Waals surface area contributed by atoms with Crippen LogP contribution in [0.1, 0.15) is 43.7 Å². The van der Waals surface area contributed by atoms with Gasteiger partial charge in [-0.3, -0.25) is 9.69 Å². The van der Waals surface area contributed by atoms with Crippen LogP contribution in [0, 0.1) is 5.92 Å². The van der Waals surface area contributed by atoms with E-state index in [0.717, 1.165) is 31.2 Å². The van der Waals surface area contributed by atoms with Crippen molar-refractivity contribution >= 4 is 34.8 Å². The monoisotopic (exact) mass is 492 g/mol. The van der Waals surface area contributed by atoms with E-state index in [2.05, 4.69) is 10.2 Å². The predicted molar refractivity (Wildman–Crippen MR) is 130 cm³/mol. The Balaban J connectivity index is 1.62. The van der Waals surface area contributed by atoms with E-state index in [-0.39, 0.29) is 24.4 Å². The summed E-state index contributed by atoms with van der Waals surface area (Å²) in [4.78, 5) is 15.2. The Morgan fingerprint density at radius 1 is 1.12 bits per heavy atom. The summed E-state index contributed by atoms with van der Waals surface area (Å²) in [5, 5.41) is 15.3. The Labute approximate surface area is 204 Å². The molecule has 4 rings (SSSR count). The standard InChI is InChI=1S/C25H30Cl2N2O4/c1-32-21-9-6-16(13-22(21)33-2)24-18-5-3-4-10-25(18,31)11-12-29(24)15-23(30)28-20-8-7-17(26)14-19(20)27/h6-9,13-14,18,24,31H,3-5,10-12,15H2,1-2H3,(H,28,30)/t18-,24+,25-/m0/s1. The highest BCUT2D eigenvalue weighted by Crippen LogP contribution is 2.50. The molecule has 33 heavy (non-hydrogen) atoms. The topological polar surface area (TPSA) is 71.0 Å². The minimum absolute atomic E-state index is 0.0324. The maximum atomic E-state index is 13.0. The number of fused-ring (bicyclic) bond motifs is 1. The molecule has 8 heteroatoms. The van der Waals surface area contributed by atoms with Gasteiger partial charge in [0.15, 0.2) is 11.5 Å². The first-order valence-electron chi connectivity index (χ1n) is 11.3. The van der Waals surface area contributed by atoms with Crippen LogP contribution < -0.4 is 14.8 Å². The van der Waals surface area contributed by atoms with Crippen molar-refractivity contribution in [3.05, 3.63) is 52.0 Å². The van der Waals surface area contributed by atoms with E-state index in [1.807, 2.05) is 18.2 Å². The van der Waals surface area contributed by atoms with Crippen LogP contribution in [0.2, 0.25) is 10.0 Å². The molecule has 1 saturated heterocycles. The van der Waals surface area contributed by atoms with Crippen molar-refractivity contribution in [2.45, 2.75) is 43.7 Å². The normalized spacial score (nSPS) is 25.2. The van der Waals surface area contributed by atoms with Crippen LogP contribution in [0.25, 0.3) is 0 Å². The Bertz CT molecular complexity index is 1020. The third kappa shape index (κ3) is 5.09. The van der Waals surface area contributed by atoms with Gasteiger partial charge in [-0.25, -0.2) is 0 Å². The van der Waals surface area contributed by atoms with Crippen molar-refractivity contribution in [3.63, 3.8) is 0 Å². The van der Waals surface area contributed by atoms with Gasteiger partial charge in [-0.1, -0.05) is 42.1 Å². The number of ether oxygens (including phenoxy) is 2. The molecule has 1 amide bonds. The number of carbonyl (C=O) groups is 1. The maximum Gasteiger partial charge on any atom is 0.238 e. The minimum atomic E-state index is -0.720. The fraction of sp³-hybridized carbons (Fsp3) is 0.480. The van der Waals surface area contributed by atoms with Gasteiger partial charge in [-0.15, -0.1) is 0 Å². The van der Waals surface area contributed by atoms with Gasteiger partial charge in [-0.05, 0) is 55.2 Å². The zero-order valence-corrected chi connectivity index (χ0v) is 20.5. The fourth-order valence-corrected chi connectivity index (χ4v) is 5.82. The first-order valence-corrected chi connectivity index (χ1v) is 12.0. The fourth-order valence-electron chi connectivity index (χ4n) is 5.36. The summed E-state index contributed by atoms with van der Waals surface area (Å²) in [6, 6.07) is 10.7. The number of nitrogens with zero attached hydrogens (tertiary/aromatic N) is 1. The molecule has 1 aliphatic heterocycles. The molecule has 2 aliphatic rings. The van der Waals surface area contributed by atoms with Crippen LogP contribution in [0.5, 0.6) is 11.5 Å². The van der Waals surface area contributed by atoms with E-state index in [9.17, 15) is 9.90 Å². The zero-order valence-electron chi connectivity index (χ0n) is 18.9. The number of piperidine rings is 1. The molecule has 0 radical (unpaired) electrons. The van der Waals surface area contributed by atoms with Gasteiger partial charge in [0, 0.05) is 23.5 Å². The molecule has 1 saturated carbocycles. The number of amides is 1. The lowest BCUT2D eigenvalue weighted by Crippen LogP contribution is -2.56. The van der Waals surface area contributed by atoms with Gasteiger partial charge in [-0.2, -0.15) is 0 Å². The number of nitrogens with one attached hydrogen (secondary N) is 1. The molecular formula is C25H30Cl2N2O4. The third-order valence-electron chi connectivity index (χ3n) is 6.97. The van der Waals surface area contributed by atoms with Crippen molar-refractivity contribution in [2.75, 3.05) is 32.6 Å². The van der Waals surface area contributed by atoms with Gasteiger partial charge in [0.1, 0.15) is 0 Å². The molecule has 1 heterocycles. The highest BCUT2D eigenvalue weighted by atomic mass is 35.5. The Morgan fingerprint density at radius 3 is 2.64 bits per heavy atom. The highest BCUT2D eigenvalue weighted by Gasteiger charge is 2.49. The quantitative estimate of drug-likeness (QED) is 0.570. The first kappa shape index (κ1) is 24.1. The predicted octanol–water partition coefficient (Wildman–Crippen LogP) is 5.32. The first-order chi connectivity index (χ1) is 15.8. The summed E-state index contributed by atoms with van der Waals surface area (Å²) in [6.07, 6.45) is 4.45. The van der Waals surface area contributed by atoms with Crippen LogP contribution in [-0.2, 0) is 4.79 Å². The lowest BCUT2D eigenvalue weighted by atomic mass is 9.66. The number of aliphatic hydroxyl groups is 1. The molecule has 2 aromatic rings. The van der Waals surface area contributed by atoms with Gasteiger partial charge < -0.3 is 19.9 Å². The molecule has 1 aliphatic carbocycles. The third-order valence-corrected chi connectivity index (χ3v) is 7.52. The highest BCUT2D eigenvalue weighted by molar-refractivity contribution is 6.36. The summed E-state index contributed by atoms with van der Waals surface area (Å²) >= 11 is 12.2. The molecule has 178 valence electrons. The number of rotatable bonds is 6. The van der Waals surface area contributed by atoms with Crippen LogP contribution in [-0.4, -0.2) is 48.8 Å². The van der Waals surface area contributed by atoms with Crippen LogP contribution >= 0.6 is 23.2 Å². The summed E-state index contributed by atoms with van der Waals surface area (Å²) in [6.45, 7) is 0.804. The number of anilines is 1. The SMILES string of the molecule is COc1ccc([C@@H]2[C@@H]3CCCC[C@]3(O)CCN2CC(=O)Nc2ccc(Cl)cc2Cl)cc1OC. The Morgan fingerprint density at radius 2 is 1.91 bits per heavy atom. The molecular weight excluding hydrogens is 463 g/mol. The number of methoxy groups -OCH3 is 2. The van der Waals surface area contributed by atoms with Gasteiger partial charge >= 0.3 is 0 Å². The van der Waals surface area contributed by atoms with E-state index >= 15 is 0 Å². The van der Waals surface area contributed by atoms with E-state index in [4.69, 9.17) is 32.7 Å². The second-order valence-electron chi connectivity index (χ2n) is 8.91. The van der Waals surface area contributed by atoms with Crippen molar-refractivity contribution in [1.82, 2.24) is 4.90 Å². The number of likely N-dealkylation sites (tertiary alicyclic amines) is 1. The molecule has 6 nitrogen and oxygen atoms in total. The Kier molecular flexibility index (Phi) is 7.39. The lowest BCUT2D eigenvalue weighted by molar-refractivity contribution is -0.135. The van der Waals surface area contributed by atoms with Crippen LogP contribution in [0.15, 0.2) is 36.4 Å². The second-order valence-corrected chi connectivity index (χ2v) is 9.75. The van der Waals surface area contributed by atoms with E-state index in [0.29, 0.717) is 40.2 Å². The number of hydrogen-bond acceptors (Lipinski definition) is 5. The Hall–Kier alpha value is -1.99. The average Bonchev–Trinajstić information content (AvgIpc) is 2.80. The maximum absolute atomic E-state index is 13.0. The summed E-state index contributed by atoms with van der Waals surface area (Å²) in [7, 11) is 3.22. The van der Waals surface area contributed by atoms with Gasteiger partial charge in [0.05, 0.1) is 37.1 Å². The van der Waals surface area contributed by atoms with E-state index < -0.39 is 5.60 Å². The van der Waals surface area contributed by atoms with E-state index in [1.54, 1.807) is 32.4 Å². The average molecular weight is 493 g/mol. The number of carbonyl (C=O) groups excluding carboxylic acids is 1. The zero-order chi connectivity index (χ0) is 23.6. The number of benzene rings is 2. The molecule has 3 atom stereocenters. The number of hydrogen-bond donors (Lipinski definition) is 2. The molecule has 2 N–H and O–H groups in total. The molecule has 0 aromatic heterocycles. The van der Waals surface area contributed by atoms with Crippen LogP contribution in [0.3, 0.4) is 0 Å². The van der Waals surface area contributed by atoms with Crippen molar-refractivity contribution in [1.29, 1.82) is 0 Å². The van der Waals surface area contributed by atoms with Gasteiger partial charge in [0.2, 0.25) is 5.91 Å². The van der Waals surface area contributed by atoms with Gasteiger partial charge in [0.25, 0.3) is 0 Å². The summed E-state index contributed by atoms with van der Waals surface area (Å²) in [5.74, 6) is 1.16. The molecule has 2 fully saturated rings. The number of halogens is 2. The molecule has 0 unspecified atom stereocenters. The molecule has 2 aromatic carbocycles. The minimum Gasteiger partial charge on any atom is -0.493 e. The van der Waals surface area contributed by atoms with Crippen molar-refractivity contribution in [3.8, 4) is 11.5 Å². The second kappa shape index (κ2) is 10.1. The largest absolute Gasteiger partial charge is 0.493 e. The van der Waals surface area contributed by atoms with Crippen molar-refractivity contribution < 1.29 is 19.4 Å². The summed E-state index contributed by atoms with van der Waals surface area (Å²) < 4.78 is 10.9. The van der Waals surface area contributed by atoms with Crippen LogP contribution in [0.4, 0.5) is 5.69 Å². The molecule has 0 spiro atoms. The summed E-state index contributed by atoms with van der Waals surface area (Å²) in [5.41, 5.74) is 0.817. The lowest BCUT2D eigenvalue weighted by Gasteiger charge is -2.52.